The van der Waals surface area contributed by atoms with Gasteiger partial charge < -0.3 is 10.1 Å². The van der Waals surface area contributed by atoms with Gasteiger partial charge in [0.15, 0.2) is 18.2 Å². The van der Waals surface area contributed by atoms with Gasteiger partial charge in [0.1, 0.15) is 0 Å². The second-order valence-electron chi connectivity index (χ2n) is 6.81. The molecule has 2 atom stereocenters. The Morgan fingerprint density at radius 3 is 2.65 bits per heavy atom. The molecule has 0 radical (unpaired) electrons. The summed E-state index contributed by atoms with van der Waals surface area (Å²) >= 11 is 0. The Morgan fingerprint density at radius 1 is 1.19 bits per heavy atom. The molecule has 1 saturated heterocycles. The summed E-state index contributed by atoms with van der Waals surface area (Å²) in [4.78, 5) is 14.5. The molecule has 1 heterocycles. The molecule has 0 bridgehead atoms. The number of piperidine rings is 1. The Hall–Kier alpha value is -2.40. The van der Waals surface area contributed by atoms with Crippen LogP contribution in [0.3, 0.4) is 0 Å². The Kier molecular flexibility index (Phi) is 6.23. The molecule has 2 unspecified atom stereocenters. The van der Waals surface area contributed by atoms with Crippen molar-refractivity contribution in [2.75, 3.05) is 13.2 Å². The summed E-state index contributed by atoms with van der Waals surface area (Å²) in [5.74, 6) is -0.557. The molecule has 1 fully saturated rings. The number of benzene rings is 2. The minimum atomic E-state index is -0.455. The van der Waals surface area contributed by atoms with Gasteiger partial charge in [0, 0.05) is 25.2 Å². The van der Waals surface area contributed by atoms with Gasteiger partial charge in [0.25, 0.3) is 5.91 Å². The maximum absolute atomic E-state index is 13.5. The highest BCUT2D eigenvalue weighted by Gasteiger charge is 2.26. The average Bonchev–Trinajstić information content (AvgIpc) is 2.64. The van der Waals surface area contributed by atoms with Gasteiger partial charge in [0.2, 0.25) is 0 Å². The normalized spacial score (nSPS) is 20.5. The van der Waals surface area contributed by atoms with E-state index in [-0.39, 0.29) is 24.3 Å². The number of carbonyl (C=O) groups is 1. The lowest BCUT2D eigenvalue weighted by Gasteiger charge is -2.38. The van der Waals surface area contributed by atoms with Crippen LogP contribution in [0.5, 0.6) is 5.75 Å². The van der Waals surface area contributed by atoms with E-state index < -0.39 is 5.82 Å². The van der Waals surface area contributed by atoms with E-state index in [4.69, 9.17) is 4.74 Å². The van der Waals surface area contributed by atoms with Gasteiger partial charge in [-0.25, -0.2) is 4.39 Å². The fourth-order valence-electron chi connectivity index (χ4n) is 3.38. The van der Waals surface area contributed by atoms with E-state index in [1.165, 1.54) is 17.7 Å². The van der Waals surface area contributed by atoms with Crippen LogP contribution >= 0.6 is 0 Å². The number of hydrogen-bond acceptors (Lipinski definition) is 3. The summed E-state index contributed by atoms with van der Waals surface area (Å²) in [6.45, 7) is 3.89. The number of likely N-dealkylation sites (tertiary alicyclic amines) is 1. The smallest absolute Gasteiger partial charge is 0.258 e. The number of nitrogens with one attached hydrogen (secondary N) is 1. The zero-order valence-electron chi connectivity index (χ0n) is 15.0. The largest absolute Gasteiger partial charge is 0.481 e. The minimum Gasteiger partial charge on any atom is -0.481 e. The zero-order valence-corrected chi connectivity index (χ0v) is 15.0. The first-order valence-corrected chi connectivity index (χ1v) is 9.06. The van der Waals surface area contributed by atoms with Crippen LogP contribution in [0, 0.1) is 5.82 Å². The van der Waals surface area contributed by atoms with Crippen molar-refractivity contribution in [3.05, 3.63) is 66.0 Å². The van der Waals surface area contributed by atoms with E-state index in [1.54, 1.807) is 12.1 Å². The number of hydrogen-bond donors (Lipinski definition) is 1. The van der Waals surface area contributed by atoms with Gasteiger partial charge in [-0.15, -0.1) is 0 Å². The molecule has 1 N–H and O–H groups in total. The molecule has 26 heavy (non-hydrogen) atoms. The molecule has 1 aliphatic rings. The highest BCUT2D eigenvalue weighted by molar-refractivity contribution is 5.77. The zero-order chi connectivity index (χ0) is 18.4. The van der Waals surface area contributed by atoms with E-state index >= 15 is 0 Å². The molecular formula is C21H25FN2O2. The van der Waals surface area contributed by atoms with Crippen LogP contribution in [0.15, 0.2) is 54.6 Å². The van der Waals surface area contributed by atoms with Crippen molar-refractivity contribution in [3.8, 4) is 5.75 Å². The molecule has 0 spiro atoms. The number of amides is 1. The number of ether oxygens (including phenoxy) is 1. The van der Waals surface area contributed by atoms with Crippen LogP contribution in [-0.2, 0) is 11.3 Å². The molecular weight excluding hydrogens is 331 g/mol. The van der Waals surface area contributed by atoms with E-state index in [1.807, 2.05) is 6.07 Å². The van der Waals surface area contributed by atoms with E-state index in [2.05, 4.69) is 41.4 Å². The van der Waals surface area contributed by atoms with Gasteiger partial charge >= 0.3 is 0 Å². The summed E-state index contributed by atoms with van der Waals surface area (Å²) in [6.07, 6.45) is 1.81. The number of carbonyl (C=O) groups excluding carboxylic acids is 1. The number of nitrogens with zero attached hydrogens (tertiary/aromatic N) is 1. The average molecular weight is 356 g/mol. The molecule has 4 nitrogen and oxygen atoms in total. The molecule has 1 aliphatic heterocycles. The summed E-state index contributed by atoms with van der Waals surface area (Å²) in [5, 5.41) is 3.01. The Morgan fingerprint density at radius 2 is 1.92 bits per heavy atom. The molecule has 2 aromatic rings. The van der Waals surface area contributed by atoms with Crippen LogP contribution in [0.2, 0.25) is 0 Å². The van der Waals surface area contributed by atoms with Gasteiger partial charge in [0.05, 0.1) is 0 Å². The monoisotopic (exact) mass is 356 g/mol. The predicted octanol–water partition coefficient (Wildman–Crippen LogP) is 3.37. The quantitative estimate of drug-likeness (QED) is 0.863. The van der Waals surface area contributed by atoms with Crippen LogP contribution in [0.1, 0.15) is 25.3 Å². The standard InChI is InChI=1S/C21H25FN2O2/c1-16-13-18(11-12-24(16)14-17-7-3-2-4-8-17)23-21(25)15-26-20-10-6-5-9-19(20)22/h2-10,16,18H,11-15H2,1H3,(H,23,25). The highest BCUT2D eigenvalue weighted by atomic mass is 19.1. The third-order valence-corrected chi connectivity index (χ3v) is 4.80. The van der Waals surface area contributed by atoms with Crippen molar-refractivity contribution in [2.45, 2.75) is 38.4 Å². The number of halogens is 1. The van der Waals surface area contributed by atoms with Crippen LogP contribution < -0.4 is 10.1 Å². The molecule has 138 valence electrons. The molecule has 2 aromatic carbocycles. The molecule has 1 amide bonds. The first-order valence-electron chi connectivity index (χ1n) is 9.06. The summed E-state index contributed by atoms with van der Waals surface area (Å²) in [6, 6.07) is 17.1. The Labute approximate surface area is 154 Å². The van der Waals surface area contributed by atoms with E-state index in [0.717, 1.165) is 25.9 Å². The fourth-order valence-corrected chi connectivity index (χ4v) is 3.38. The van der Waals surface area contributed by atoms with Gasteiger partial charge in [-0.2, -0.15) is 0 Å². The molecule has 0 saturated carbocycles. The lowest BCUT2D eigenvalue weighted by molar-refractivity contribution is -0.124. The second kappa shape index (κ2) is 8.81. The maximum Gasteiger partial charge on any atom is 0.258 e. The minimum absolute atomic E-state index is 0.105. The maximum atomic E-state index is 13.5. The lowest BCUT2D eigenvalue weighted by atomic mass is 9.97. The van der Waals surface area contributed by atoms with Crippen molar-refractivity contribution >= 4 is 5.91 Å². The van der Waals surface area contributed by atoms with Gasteiger partial charge in [-0.1, -0.05) is 42.5 Å². The van der Waals surface area contributed by atoms with E-state index in [9.17, 15) is 9.18 Å². The topological polar surface area (TPSA) is 41.6 Å². The Bertz CT molecular complexity index is 723. The first kappa shape index (κ1) is 18.4. The SMILES string of the molecule is CC1CC(NC(=O)COc2ccccc2F)CCN1Cc1ccccc1. The van der Waals surface area contributed by atoms with Crippen molar-refractivity contribution in [3.63, 3.8) is 0 Å². The van der Waals surface area contributed by atoms with Gasteiger partial charge in [-0.3, -0.25) is 9.69 Å². The predicted molar refractivity (Wildman–Crippen MR) is 99.4 cm³/mol. The van der Waals surface area contributed by atoms with Gasteiger partial charge in [-0.05, 0) is 37.5 Å². The molecule has 0 aliphatic carbocycles. The van der Waals surface area contributed by atoms with Crippen molar-refractivity contribution in [2.24, 2.45) is 0 Å². The van der Waals surface area contributed by atoms with Crippen LogP contribution in [0.4, 0.5) is 4.39 Å². The molecule has 5 heteroatoms. The summed E-state index contributed by atoms with van der Waals surface area (Å²) in [7, 11) is 0. The van der Waals surface area contributed by atoms with Crippen molar-refractivity contribution in [1.29, 1.82) is 0 Å². The van der Waals surface area contributed by atoms with Crippen LogP contribution in [0.25, 0.3) is 0 Å². The third-order valence-electron chi connectivity index (χ3n) is 4.80. The lowest BCUT2D eigenvalue weighted by Crippen LogP contribution is -2.49. The molecule has 3 rings (SSSR count). The number of rotatable bonds is 6. The first-order chi connectivity index (χ1) is 12.6. The fraction of sp³-hybridized carbons (Fsp3) is 0.381. The highest BCUT2D eigenvalue weighted by Crippen LogP contribution is 2.20. The van der Waals surface area contributed by atoms with Crippen LogP contribution in [-0.4, -0.2) is 36.0 Å². The molecule has 0 aromatic heterocycles. The summed E-state index contributed by atoms with van der Waals surface area (Å²) < 4.78 is 18.8. The third kappa shape index (κ3) is 5.05. The Balaban J connectivity index is 1.44. The number of para-hydroxylation sites is 1. The second-order valence-corrected chi connectivity index (χ2v) is 6.81. The van der Waals surface area contributed by atoms with E-state index in [0.29, 0.717) is 6.04 Å². The van der Waals surface area contributed by atoms with Crippen molar-refractivity contribution < 1.29 is 13.9 Å². The summed E-state index contributed by atoms with van der Waals surface area (Å²) in [5.41, 5.74) is 1.31. The van der Waals surface area contributed by atoms with Crippen molar-refractivity contribution in [1.82, 2.24) is 10.2 Å².